The van der Waals surface area contributed by atoms with Crippen molar-refractivity contribution < 1.29 is 9.59 Å². The summed E-state index contributed by atoms with van der Waals surface area (Å²) < 4.78 is 0. The molecule has 0 saturated carbocycles. The number of pyridine rings is 2. The molecule has 4 rings (SSSR count). The van der Waals surface area contributed by atoms with E-state index in [1.54, 1.807) is 30.4 Å². The van der Waals surface area contributed by atoms with E-state index in [1.807, 2.05) is 18.2 Å². The SMILES string of the molecule is CN1C(=O)CNc2ncccc21.O=C1CNc2ncccc2N1. The first kappa shape index (κ1) is 14.8. The monoisotopic (exact) mass is 312 g/mol. The Balaban J connectivity index is 0.000000136. The molecule has 2 aliphatic rings. The molecular formula is C15H16N6O2. The summed E-state index contributed by atoms with van der Waals surface area (Å²) >= 11 is 0. The van der Waals surface area contributed by atoms with E-state index in [4.69, 9.17) is 0 Å². The van der Waals surface area contributed by atoms with Crippen molar-refractivity contribution >= 4 is 34.8 Å². The zero-order chi connectivity index (χ0) is 16.2. The van der Waals surface area contributed by atoms with Crippen molar-refractivity contribution in [2.24, 2.45) is 0 Å². The van der Waals surface area contributed by atoms with Gasteiger partial charge in [-0.15, -0.1) is 0 Å². The Labute approximate surface area is 132 Å². The van der Waals surface area contributed by atoms with Gasteiger partial charge in [-0.05, 0) is 24.3 Å². The van der Waals surface area contributed by atoms with Gasteiger partial charge in [-0.2, -0.15) is 0 Å². The highest BCUT2D eigenvalue weighted by Gasteiger charge is 2.20. The first-order chi connectivity index (χ1) is 11.1. The molecule has 3 N–H and O–H groups in total. The van der Waals surface area contributed by atoms with Gasteiger partial charge in [-0.1, -0.05) is 0 Å². The van der Waals surface area contributed by atoms with Crippen LogP contribution in [-0.2, 0) is 9.59 Å². The van der Waals surface area contributed by atoms with Gasteiger partial charge in [-0.3, -0.25) is 9.59 Å². The van der Waals surface area contributed by atoms with Crippen LogP contribution in [0.25, 0.3) is 0 Å². The predicted octanol–water partition coefficient (Wildman–Crippen LogP) is 0.915. The molecule has 2 aromatic heterocycles. The van der Waals surface area contributed by atoms with Crippen molar-refractivity contribution in [1.82, 2.24) is 9.97 Å². The van der Waals surface area contributed by atoms with Crippen molar-refractivity contribution in [2.45, 2.75) is 0 Å². The number of likely N-dealkylation sites (N-methyl/N-ethyl adjacent to an activating group) is 1. The van der Waals surface area contributed by atoms with Crippen LogP contribution in [0, 0.1) is 0 Å². The van der Waals surface area contributed by atoms with Crippen LogP contribution >= 0.6 is 0 Å². The van der Waals surface area contributed by atoms with Gasteiger partial charge in [0.2, 0.25) is 11.8 Å². The van der Waals surface area contributed by atoms with E-state index in [1.165, 1.54) is 0 Å². The molecule has 0 atom stereocenters. The lowest BCUT2D eigenvalue weighted by molar-refractivity contribution is -0.117. The van der Waals surface area contributed by atoms with E-state index < -0.39 is 0 Å². The Morgan fingerprint density at radius 3 is 2.52 bits per heavy atom. The highest BCUT2D eigenvalue weighted by molar-refractivity contribution is 6.01. The average molecular weight is 312 g/mol. The summed E-state index contributed by atoms with van der Waals surface area (Å²) in [6.07, 6.45) is 3.39. The molecule has 4 heterocycles. The Hall–Kier alpha value is -3.16. The number of nitrogens with one attached hydrogen (secondary N) is 3. The molecule has 0 aliphatic carbocycles. The number of hydrogen-bond acceptors (Lipinski definition) is 6. The summed E-state index contributed by atoms with van der Waals surface area (Å²) in [6, 6.07) is 7.28. The van der Waals surface area contributed by atoms with Crippen LogP contribution < -0.4 is 20.9 Å². The second-order valence-electron chi connectivity index (χ2n) is 4.98. The van der Waals surface area contributed by atoms with Crippen LogP contribution in [-0.4, -0.2) is 41.9 Å². The van der Waals surface area contributed by atoms with Gasteiger partial charge in [0.25, 0.3) is 0 Å². The Morgan fingerprint density at radius 1 is 1.00 bits per heavy atom. The Morgan fingerprint density at radius 2 is 1.70 bits per heavy atom. The van der Waals surface area contributed by atoms with Crippen molar-refractivity contribution in [3.05, 3.63) is 36.7 Å². The lowest BCUT2D eigenvalue weighted by Gasteiger charge is -2.25. The second-order valence-corrected chi connectivity index (χ2v) is 4.98. The Kier molecular flexibility index (Phi) is 4.05. The zero-order valence-corrected chi connectivity index (χ0v) is 12.5. The molecule has 0 bridgehead atoms. The third-order valence-electron chi connectivity index (χ3n) is 3.43. The maximum absolute atomic E-state index is 11.2. The number of carbonyl (C=O) groups is 2. The number of nitrogens with zero attached hydrogens (tertiary/aromatic N) is 3. The summed E-state index contributed by atoms with van der Waals surface area (Å²) in [5, 5.41) is 8.53. The summed E-state index contributed by atoms with van der Waals surface area (Å²) in [7, 11) is 1.75. The zero-order valence-electron chi connectivity index (χ0n) is 12.5. The predicted molar refractivity (Wildman–Crippen MR) is 87.5 cm³/mol. The van der Waals surface area contributed by atoms with Gasteiger partial charge < -0.3 is 20.9 Å². The van der Waals surface area contributed by atoms with Crippen LogP contribution in [0.5, 0.6) is 0 Å². The number of fused-ring (bicyclic) bond motifs is 2. The van der Waals surface area contributed by atoms with Crippen molar-refractivity contribution in [2.75, 3.05) is 41.0 Å². The number of amides is 2. The van der Waals surface area contributed by atoms with Gasteiger partial charge in [-0.25, -0.2) is 9.97 Å². The maximum atomic E-state index is 11.2. The smallest absolute Gasteiger partial charge is 0.246 e. The largest absolute Gasteiger partial charge is 0.359 e. The van der Waals surface area contributed by atoms with Crippen molar-refractivity contribution in [3.8, 4) is 0 Å². The first-order valence-corrected chi connectivity index (χ1v) is 7.09. The van der Waals surface area contributed by atoms with E-state index in [0.29, 0.717) is 13.1 Å². The normalized spacial score (nSPS) is 15.1. The quantitative estimate of drug-likeness (QED) is 0.669. The van der Waals surface area contributed by atoms with Gasteiger partial charge in [0, 0.05) is 19.4 Å². The first-order valence-electron chi connectivity index (χ1n) is 7.09. The molecule has 0 spiro atoms. The molecule has 8 nitrogen and oxygen atoms in total. The molecule has 0 unspecified atom stereocenters. The van der Waals surface area contributed by atoms with Gasteiger partial charge in [0.1, 0.15) is 11.6 Å². The minimum atomic E-state index is -0.0227. The van der Waals surface area contributed by atoms with Gasteiger partial charge in [0.05, 0.1) is 24.5 Å². The average Bonchev–Trinajstić information content (AvgIpc) is 2.59. The highest BCUT2D eigenvalue weighted by Crippen LogP contribution is 2.24. The number of rotatable bonds is 0. The van der Waals surface area contributed by atoms with E-state index >= 15 is 0 Å². The van der Waals surface area contributed by atoms with Crippen LogP contribution in [0.2, 0.25) is 0 Å². The lowest BCUT2D eigenvalue weighted by Crippen LogP contribution is -2.37. The molecule has 0 radical (unpaired) electrons. The molecule has 118 valence electrons. The number of carbonyl (C=O) groups excluding carboxylic acids is 2. The fourth-order valence-electron chi connectivity index (χ4n) is 2.22. The molecule has 23 heavy (non-hydrogen) atoms. The molecule has 0 saturated heterocycles. The molecule has 0 aromatic carbocycles. The second kappa shape index (κ2) is 6.30. The Bertz CT molecular complexity index is 748. The minimum Gasteiger partial charge on any atom is -0.359 e. The molecule has 2 amide bonds. The number of anilines is 4. The van der Waals surface area contributed by atoms with Crippen LogP contribution in [0.4, 0.5) is 23.0 Å². The molecule has 0 fully saturated rings. The number of hydrogen-bond donors (Lipinski definition) is 3. The van der Waals surface area contributed by atoms with Crippen molar-refractivity contribution in [1.29, 1.82) is 0 Å². The molecular weight excluding hydrogens is 296 g/mol. The van der Waals surface area contributed by atoms with Gasteiger partial charge in [0.15, 0.2) is 0 Å². The van der Waals surface area contributed by atoms with Crippen molar-refractivity contribution in [3.63, 3.8) is 0 Å². The molecule has 2 aromatic rings. The van der Waals surface area contributed by atoms with Crippen LogP contribution in [0.3, 0.4) is 0 Å². The molecule has 2 aliphatic heterocycles. The van der Waals surface area contributed by atoms with Crippen LogP contribution in [0.1, 0.15) is 0 Å². The number of aromatic nitrogens is 2. The van der Waals surface area contributed by atoms with E-state index in [2.05, 4.69) is 25.9 Å². The lowest BCUT2D eigenvalue weighted by atomic mass is 10.3. The maximum Gasteiger partial charge on any atom is 0.246 e. The van der Waals surface area contributed by atoms with Gasteiger partial charge >= 0.3 is 0 Å². The fraction of sp³-hybridized carbons (Fsp3) is 0.200. The van der Waals surface area contributed by atoms with E-state index in [0.717, 1.165) is 23.0 Å². The summed E-state index contributed by atoms with van der Waals surface area (Å²) in [6.45, 7) is 0.643. The standard InChI is InChI=1S/C8H9N3O.C7H7N3O/c1-11-6-3-2-4-9-8(6)10-5-7(11)12;11-6-4-9-7-5(10-6)2-1-3-8-7/h2-4H,5H2,1H3,(H,9,10);1-3H,4H2,(H,8,9)(H,10,11). The van der Waals surface area contributed by atoms with E-state index in [9.17, 15) is 9.59 Å². The van der Waals surface area contributed by atoms with E-state index in [-0.39, 0.29) is 11.8 Å². The van der Waals surface area contributed by atoms with Crippen LogP contribution in [0.15, 0.2) is 36.7 Å². The summed E-state index contributed by atoms with van der Waals surface area (Å²) in [5.41, 5.74) is 1.59. The fourth-order valence-corrected chi connectivity index (χ4v) is 2.22. The highest BCUT2D eigenvalue weighted by atomic mass is 16.2. The topological polar surface area (TPSA) is 99.2 Å². The third kappa shape index (κ3) is 3.20. The third-order valence-corrected chi connectivity index (χ3v) is 3.43. The molecule has 8 heteroatoms. The summed E-state index contributed by atoms with van der Waals surface area (Å²) in [4.78, 5) is 31.8. The summed E-state index contributed by atoms with van der Waals surface area (Å²) in [5.74, 6) is 1.56. The minimum absolute atomic E-state index is 0.0227.